The van der Waals surface area contributed by atoms with E-state index in [0.29, 0.717) is 5.69 Å². The largest absolute Gasteiger partial charge is 0.301 e. The first-order valence-electron chi connectivity index (χ1n) is 5.77. The smallest absolute Gasteiger partial charge is 0.272 e. The zero-order valence-corrected chi connectivity index (χ0v) is 14.0. The summed E-state index contributed by atoms with van der Waals surface area (Å²) in [6.07, 6.45) is 0. The number of rotatable bonds is 5. The molecule has 11 heteroatoms. The van der Waals surface area contributed by atoms with Crippen LogP contribution in [0.2, 0.25) is 0 Å². The lowest BCUT2D eigenvalue weighted by molar-refractivity contribution is -0.114. The van der Waals surface area contributed by atoms with Crippen molar-refractivity contribution in [1.29, 1.82) is 0 Å². The molecule has 0 bridgehead atoms. The Labute approximate surface area is 129 Å². The van der Waals surface area contributed by atoms with Crippen LogP contribution in [0.5, 0.6) is 0 Å². The van der Waals surface area contributed by atoms with E-state index in [1.165, 1.54) is 25.3 Å². The number of hydrogen-bond acceptors (Lipinski definition) is 8. The number of carbonyl (C=O) groups is 1. The van der Waals surface area contributed by atoms with E-state index in [0.717, 1.165) is 20.6 Å². The molecule has 21 heavy (non-hydrogen) atoms. The van der Waals surface area contributed by atoms with Crippen molar-refractivity contribution in [3.8, 4) is 0 Å². The summed E-state index contributed by atoms with van der Waals surface area (Å²) in [6, 6.07) is 0. The molecule has 2 rings (SSSR count). The van der Waals surface area contributed by atoms with E-state index >= 15 is 0 Å². The van der Waals surface area contributed by atoms with Gasteiger partial charge in [0.05, 0.1) is 17.2 Å². The molecule has 2 heterocycles. The topological polar surface area (TPSA) is 105 Å². The van der Waals surface area contributed by atoms with Gasteiger partial charge >= 0.3 is 0 Å². The number of sulfonamides is 1. The second kappa shape index (κ2) is 6.13. The average Bonchev–Trinajstić information content (AvgIpc) is 2.98. The summed E-state index contributed by atoms with van der Waals surface area (Å²) >= 11 is 2.27. The summed E-state index contributed by atoms with van der Waals surface area (Å²) in [6.45, 7) is 3.32. The molecule has 0 fully saturated rings. The second-order valence-electron chi connectivity index (χ2n) is 4.17. The van der Waals surface area contributed by atoms with E-state index in [-0.39, 0.29) is 21.9 Å². The van der Waals surface area contributed by atoms with Crippen LogP contribution >= 0.6 is 22.7 Å². The molecule has 0 aliphatic heterocycles. The molecule has 0 unspecified atom stereocenters. The fraction of sp³-hybridized carbons (Fsp3) is 0.400. The third-order valence-electron chi connectivity index (χ3n) is 2.37. The van der Waals surface area contributed by atoms with Crippen LogP contribution in [0.3, 0.4) is 0 Å². The van der Waals surface area contributed by atoms with Crippen molar-refractivity contribution in [2.75, 3.05) is 12.4 Å². The number of amides is 1. The van der Waals surface area contributed by atoms with Crippen LogP contribution in [-0.4, -0.2) is 40.9 Å². The van der Waals surface area contributed by atoms with Crippen LogP contribution in [0.1, 0.15) is 17.6 Å². The van der Waals surface area contributed by atoms with Crippen LogP contribution < -0.4 is 5.32 Å². The number of carbonyl (C=O) groups excluding carboxylic acids is 1. The number of nitrogens with one attached hydrogen (secondary N) is 1. The number of hydrogen-bond donors (Lipinski definition) is 1. The lowest BCUT2D eigenvalue weighted by atomic mass is 10.5. The van der Waals surface area contributed by atoms with Gasteiger partial charge in [0.15, 0.2) is 0 Å². The molecule has 0 saturated carbocycles. The molecule has 0 aromatic carbocycles. The minimum atomic E-state index is -3.75. The first-order valence-corrected chi connectivity index (χ1v) is 8.91. The predicted molar refractivity (Wildman–Crippen MR) is 79.7 cm³/mol. The average molecular weight is 347 g/mol. The summed E-state index contributed by atoms with van der Waals surface area (Å²) in [5.41, 5.74) is 0.676. The lowest BCUT2D eigenvalue weighted by Gasteiger charge is -2.13. The molecule has 1 N–H and O–H groups in total. The van der Waals surface area contributed by atoms with Crippen molar-refractivity contribution < 1.29 is 13.2 Å². The number of nitrogens with zero attached hydrogens (tertiary/aromatic N) is 4. The molecule has 8 nitrogen and oxygen atoms in total. The van der Waals surface area contributed by atoms with E-state index in [1.54, 1.807) is 0 Å². The monoisotopic (exact) mass is 347 g/mol. The summed E-state index contributed by atoms with van der Waals surface area (Å²) in [4.78, 5) is 15.1. The van der Waals surface area contributed by atoms with E-state index in [1.807, 2.05) is 12.3 Å². The van der Waals surface area contributed by atoms with E-state index in [9.17, 15) is 13.2 Å². The molecule has 114 valence electrons. The van der Waals surface area contributed by atoms with Crippen molar-refractivity contribution in [3.05, 3.63) is 16.1 Å². The van der Waals surface area contributed by atoms with Crippen molar-refractivity contribution in [1.82, 2.24) is 19.5 Å². The Morgan fingerprint density at radius 1 is 1.43 bits per heavy atom. The van der Waals surface area contributed by atoms with E-state index < -0.39 is 10.0 Å². The molecule has 0 atom stereocenters. The Hall–Kier alpha value is -1.43. The fourth-order valence-corrected chi connectivity index (χ4v) is 4.32. The van der Waals surface area contributed by atoms with Crippen molar-refractivity contribution in [2.45, 2.75) is 24.7 Å². The third-order valence-corrected chi connectivity index (χ3v) is 6.18. The van der Waals surface area contributed by atoms with Gasteiger partial charge in [-0.2, -0.15) is 4.31 Å². The molecule has 1 amide bonds. The van der Waals surface area contributed by atoms with Crippen LogP contribution in [0, 0.1) is 6.92 Å². The van der Waals surface area contributed by atoms with Crippen LogP contribution in [-0.2, 0) is 21.4 Å². The highest BCUT2D eigenvalue weighted by Gasteiger charge is 2.26. The standard InChI is InChI=1S/C10H13N5O3S3/c1-6(16)11-9-13-14-10(20-9)21(17,18)15(3)4-8-5-19-7(2)12-8/h5H,4H2,1-3H3,(H,11,13,16). The molecule has 0 spiro atoms. The van der Waals surface area contributed by atoms with Gasteiger partial charge in [0, 0.05) is 19.4 Å². The lowest BCUT2D eigenvalue weighted by Crippen LogP contribution is -2.26. The third kappa shape index (κ3) is 3.81. The molecular formula is C10H13N5O3S3. The van der Waals surface area contributed by atoms with Crippen LogP contribution in [0.25, 0.3) is 0 Å². The zero-order valence-electron chi connectivity index (χ0n) is 11.5. The van der Waals surface area contributed by atoms with Gasteiger partial charge in [0.1, 0.15) is 0 Å². The SMILES string of the molecule is CC(=O)Nc1nnc(S(=O)(=O)N(C)Cc2csc(C)n2)s1. The number of aromatic nitrogens is 3. The maximum Gasteiger partial charge on any atom is 0.272 e. The zero-order chi connectivity index (χ0) is 15.6. The molecule has 2 aromatic heterocycles. The van der Waals surface area contributed by atoms with Crippen molar-refractivity contribution in [2.24, 2.45) is 0 Å². The summed E-state index contributed by atoms with van der Waals surface area (Å²) in [5.74, 6) is -0.332. The van der Waals surface area contributed by atoms with Gasteiger partial charge in [-0.3, -0.25) is 4.79 Å². The molecule has 0 saturated heterocycles. The first-order chi connectivity index (χ1) is 9.79. The summed E-state index contributed by atoms with van der Waals surface area (Å²) in [5, 5.41) is 12.5. The maximum atomic E-state index is 12.3. The van der Waals surface area contributed by atoms with E-state index in [2.05, 4.69) is 20.5 Å². The summed E-state index contributed by atoms with van der Waals surface area (Å²) < 4.78 is 25.7. The summed E-state index contributed by atoms with van der Waals surface area (Å²) in [7, 11) is -2.30. The van der Waals surface area contributed by atoms with Gasteiger partial charge in [0.2, 0.25) is 15.4 Å². The highest BCUT2D eigenvalue weighted by atomic mass is 32.2. The van der Waals surface area contributed by atoms with Gasteiger partial charge in [0.25, 0.3) is 10.0 Å². The van der Waals surface area contributed by atoms with Gasteiger partial charge in [-0.1, -0.05) is 11.3 Å². The number of anilines is 1. The molecular weight excluding hydrogens is 334 g/mol. The Kier molecular flexibility index (Phi) is 4.66. The van der Waals surface area contributed by atoms with E-state index in [4.69, 9.17) is 0 Å². The Balaban J connectivity index is 2.16. The highest BCUT2D eigenvalue weighted by molar-refractivity contribution is 7.91. The molecule has 2 aromatic rings. The predicted octanol–water partition coefficient (Wildman–Crippen LogP) is 1.08. The fourth-order valence-electron chi connectivity index (χ4n) is 1.44. The highest BCUT2D eigenvalue weighted by Crippen LogP contribution is 2.23. The minimum Gasteiger partial charge on any atom is -0.301 e. The molecule has 0 aliphatic carbocycles. The molecule has 0 radical (unpaired) electrons. The Morgan fingerprint density at radius 3 is 2.71 bits per heavy atom. The normalized spacial score (nSPS) is 11.8. The Bertz CT molecular complexity index is 752. The van der Waals surface area contributed by atoms with Gasteiger partial charge in [-0.05, 0) is 6.92 Å². The van der Waals surface area contributed by atoms with Crippen molar-refractivity contribution >= 4 is 43.7 Å². The van der Waals surface area contributed by atoms with Gasteiger partial charge < -0.3 is 5.32 Å². The van der Waals surface area contributed by atoms with Crippen molar-refractivity contribution in [3.63, 3.8) is 0 Å². The molecule has 0 aliphatic rings. The van der Waals surface area contributed by atoms with Crippen LogP contribution in [0.4, 0.5) is 5.13 Å². The minimum absolute atomic E-state index is 0.152. The maximum absolute atomic E-state index is 12.3. The Morgan fingerprint density at radius 2 is 2.14 bits per heavy atom. The van der Waals surface area contributed by atoms with Crippen LogP contribution in [0.15, 0.2) is 9.72 Å². The first kappa shape index (κ1) is 15.9. The quantitative estimate of drug-likeness (QED) is 0.812. The number of thiazole rings is 1. The van der Waals surface area contributed by atoms with Gasteiger partial charge in [-0.15, -0.1) is 21.5 Å². The van der Waals surface area contributed by atoms with Gasteiger partial charge in [-0.25, -0.2) is 13.4 Å². The number of aryl methyl sites for hydroxylation is 1. The second-order valence-corrected chi connectivity index (χ2v) is 8.43.